The minimum Gasteiger partial charge on any atom is -0.494 e. The van der Waals surface area contributed by atoms with Crippen LogP contribution in [0.15, 0.2) is 24.3 Å². The summed E-state index contributed by atoms with van der Waals surface area (Å²) in [5, 5.41) is 3.48. The maximum absolute atomic E-state index is 5.65. The normalized spacial score (nSPS) is 17.9. The van der Waals surface area contributed by atoms with Crippen molar-refractivity contribution < 1.29 is 4.74 Å². The molecule has 0 aromatic heterocycles. The van der Waals surface area contributed by atoms with Crippen LogP contribution in [-0.2, 0) is 0 Å². The van der Waals surface area contributed by atoms with E-state index < -0.39 is 0 Å². The van der Waals surface area contributed by atoms with E-state index in [9.17, 15) is 0 Å². The molecule has 3 heteroatoms. The molecule has 1 aliphatic rings. The van der Waals surface area contributed by atoms with Crippen LogP contribution in [0.3, 0.4) is 0 Å². The molecule has 1 fully saturated rings. The highest BCUT2D eigenvalue weighted by molar-refractivity contribution is 7.99. The van der Waals surface area contributed by atoms with Gasteiger partial charge in [-0.15, -0.1) is 0 Å². The summed E-state index contributed by atoms with van der Waals surface area (Å²) in [7, 11) is 2.07. The van der Waals surface area contributed by atoms with Crippen LogP contribution in [0, 0.1) is 5.92 Å². The van der Waals surface area contributed by atoms with Gasteiger partial charge in [-0.1, -0.05) is 19.1 Å². The van der Waals surface area contributed by atoms with Crippen LogP contribution in [0.4, 0.5) is 0 Å². The van der Waals surface area contributed by atoms with E-state index in [1.807, 2.05) is 0 Å². The summed E-state index contributed by atoms with van der Waals surface area (Å²) >= 11 is 2.10. The average Bonchev–Trinajstić information content (AvgIpc) is 2.52. The molecule has 0 amide bonds. The fraction of sp³-hybridized carbons (Fsp3) is 0.647. The molecule has 112 valence electrons. The number of rotatable bonds is 7. The largest absolute Gasteiger partial charge is 0.494 e. The average molecular weight is 293 g/mol. The van der Waals surface area contributed by atoms with E-state index >= 15 is 0 Å². The Morgan fingerprint density at radius 2 is 1.95 bits per heavy atom. The van der Waals surface area contributed by atoms with Gasteiger partial charge in [0.05, 0.1) is 6.61 Å². The van der Waals surface area contributed by atoms with Gasteiger partial charge in [0, 0.05) is 6.04 Å². The van der Waals surface area contributed by atoms with Gasteiger partial charge in [-0.25, -0.2) is 0 Å². The third-order valence-electron chi connectivity index (χ3n) is 4.01. The standard InChI is InChI=1S/C17H27NOS/c1-3-10-19-16-6-4-15(5-7-16)17(18-2)13-14-8-11-20-12-9-14/h4-7,14,17-18H,3,8-13H2,1-2H3. The van der Waals surface area contributed by atoms with E-state index in [1.54, 1.807) is 0 Å². The zero-order chi connectivity index (χ0) is 14.2. The molecule has 0 spiro atoms. The van der Waals surface area contributed by atoms with Crippen molar-refractivity contribution in [2.24, 2.45) is 5.92 Å². The van der Waals surface area contributed by atoms with Crippen molar-refractivity contribution in [3.8, 4) is 5.75 Å². The van der Waals surface area contributed by atoms with Crippen molar-refractivity contribution in [3.63, 3.8) is 0 Å². The summed E-state index contributed by atoms with van der Waals surface area (Å²) in [6, 6.07) is 9.11. The predicted octanol–water partition coefficient (Wildman–Crippen LogP) is 4.27. The van der Waals surface area contributed by atoms with E-state index in [1.165, 1.54) is 36.3 Å². The zero-order valence-corrected chi connectivity index (χ0v) is 13.5. The molecule has 1 aliphatic heterocycles. The van der Waals surface area contributed by atoms with Crippen molar-refractivity contribution in [1.82, 2.24) is 5.32 Å². The number of ether oxygens (including phenoxy) is 1. The molecule has 0 aliphatic carbocycles. The van der Waals surface area contributed by atoms with E-state index in [2.05, 4.69) is 55.3 Å². The maximum atomic E-state index is 5.65. The predicted molar refractivity (Wildman–Crippen MR) is 88.7 cm³/mol. The molecule has 2 nitrogen and oxygen atoms in total. The Balaban J connectivity index is 1.92. The van der Waals surface area contributed by atoms with Gasteiger partial charge >= 0.3 is 0 Å². The van der Waals surface area contributed by atoms with E-state index in [4.69, 9.17) is 4.74 Å². The lowest BCUT2D eigenvalue weighted by atomic mass is 9.91. The van der Waals surface area contributed by atoms with Gasteiger partial charge in [0.15, 0.2) is 0 Å². The SMILES string of the molecule is CCCOc1ccc(C(CC2CCSCC2)NC)cc1. The highest BCUT2D eigenvalue weighted by Crippen LogP contribution is 2.31. The van der Waals surface area contributed by atoms with E-state index in [-0.39, 0.29) is 0 Å². The summed E-state index contributed by atoms with van der Waals surface area (Å²) < 4.78 is 5.65. The highest BCUT2D eigenvalue weighted by Gasteiger charge is 2.19. The van der Waals surface area contributed by atoms with Crippen LogP contribution in [0.25, 0.3) is 0 Å². The van der Waals surface area contributed by atoms with Crippen LogP contribution in [0.2, 0.25) is 0 Å². The lowest BCUT2D eigenvalue weighted by Crippen LogP contribution is -2.22. The summed E-state index contributed by atoms with van der Waals surface area (Å²) in [5.74, 6) is 4.54. The third kappa shape index (κ3) is 4.71. The van der Waals surface area contributed by atoms with Gasteiger partial charge in [0.25, 0.3) is 0 Å². The first-order valence-corrected chi connectivity index (χ1v) is 8.96. The Kier molecular flexibility index (Phi) is 6.74. The fourth-order valence-corrected chi connectivity index (χ4v) is 3.96. The van der Waals surface area contributed by atoms with E-state index in [0.717, 1.165) is 24.7 Å². The number of hydrogen-bond donors (Lipinski definition) is 1. The van der Waals surface area contributed by atoms with Crippen LogP contribution in [0.5, 0.6) is 5.75 Å². The van der Waals surface area contributed by atoms with Gasteiger partial charge in [-0.2, -0.15) is 11.8 Å². The molecule has 0 bridgehead atoms. The van der Waals surface area contributed by atoms with Crippen molar-refractivity contribution >= 4 is 11.8 Å². The summed E-state index contributed by atoms with van der Waals surface area (Å²) in [5.41, 5.74) is 1.38. The molecule has 1 atom stereocenters. The maximum Gasteiger partial charge on any atom is 0.119 e. The first-order chi connectivity index (χ1) is 9.83. The molecule has 1 aromatic carbocycles. The quantitative estimate of drug-likeness (QED) is 0.811. The lowest BCUT2D eigenvalue weighted by Gasteiger charge is -2.26. The van der Waals surface area contributed by atoms with Gasteiger partial charge in [0.1, 0.15) is 5.75 Å². The van der Waals surface area contributed by atoms with Crippen molar-refractivity contribution in [1.29, 1.82) is 0 Å². The van der Waals surface area contributed by atoms with Crippen molar-refractivity contribution in [3.05, 3.63) is 29.8 Å². The van der Waals surface area contributed by atoms with Crippen LogP contribution in [0.1, 0.15) is 44.2 Å². The smallest absolute Gasteiger partial charge is 0.119 e. The van der Waals surface area contributed by atoms with Crippen LogP contribution in [-0.4, -0.2) is 25.2 Å². The summed E-state index contributed by atoms with van der Waals surface area (Å²) in [6.45, 7) is 2.93. The second kappa shape index (κ2) is 8.58. The van der Waals surface area contributed by atoms with E-state index in [0.29, 0.717) is 6.04 Å². The molecular weight excluding hydrogens is 266 g/mol. The minimum absolute atomic E-state index is 0.475. The number of hydrogen-bond acceptors (Lipinski definition) is 3. The Hall–Kier alpha value is -0.670. The molecular formula is C17H27NOS. The Labute approximate surface area is 127 Å². The monoisotopic (exact) mass is 293 g/mol. The first-order valence-electron chi connectivity index (χ1n) is 7.81. The van der Waals surface area contributed by atoms with Gasteiger partial charge in [-0.3, -0.25) is 0 Å². The minimum atomic E-state index is 0.475. The summed E-state index contributed by atoms with van der Waals surface area (Å²) in [4.78, 5) is 0. The number of nitrogens with one attached hydrogen (secondary N) is 1. The molecule has 1 N–H and O–H groups in total. The summed E-state index contributed by atoms with van der Waals surface area (Å²) in [6.07, 6.45) is 5.06. The molecule has 0 radical (unpaired) electrons. The molecule has 1 saturated heterocycles. The van der Waals surface area contributed by atoms with Gasteiger partial charge in [0.2, 0.25) is 0 Å². The molecule has 0 saturated carbocycles. The van der Waals surface area contributed by atoms with Gasteiger partial charge in [-0.05, 0) is 67.9 Å². The van der Waals surface area contributed by atoms with Crippen molar-refractivity contribution in [2.75, 3.05) is 25.2 Å². The van der Waals surface area contributed by atoms with Crippen LogP contribution < -0.4 is 10.1 Å². The van der Waals surface area contributed by atoms with Crippen molar-refractivity contribution in [2.45, 2.75) is 38.6 Å². The molecule has 1 aromatic rings. The fourth-order valence-electron chi connectivity index (χ4n) is 2.75. The second-order valence-electron chi connectivity index (χ2n) is 5.55. The molecule has 20 heavy (non-hydrogen) atoms. The Bertz CT molecular complexity index is 373. The number of thioether (sulfide) groups is 1. The Morgan fingerprint density at radius 3 is 2.55 bits per heavy atom. The van der Waals surface area contributed by atoms with Crippen LogP contribution >= 0.6 is 11.8 Å². The molecule has 2 rings (SSSR count). The highest BCUT2D eigenvalue weighted by atomic mass is 32.2. The molecule has 1 heterocycles. The second-order valence-corrected chi connectivity index (χ2v) is 6.77. The topological polar surface area (TPSA) is 21.3 Å². The third-order valence-corrected chi connectivity index (χ3v) is 5.06. The number of benzene rings is 1. The lowest BCUT2D eigenvalue weighted by molar-refractivity contribution is 0.317. The zero-order valence-electron chi connectivity index (χ0n) is 12.7. The first kappa shape index (κ1) is 15.7. The van der Waals surface area contributed by atoms with Gasteiger partial charge < -0.3 is 10.1 Å². The molecule has 1 unspecified atom stereocenters. The Morgan fingerprint density at radius 1 is 1.25 bits per heavy atom.